The van der Waals surface area contributed by atoms with Crippen molar-refractivity contribution in [3.05, 3.63) is 60.2 Å². The molecule has 0 atom stereocenters. The molecule has 0 unspecified atom stereocenters. The third kappa shape index (κ3) is 1.63. The van der Waals surface area contributed by atoms with Gasteiger partial charge >= 0.3 is 0 Å². The predicted molar refractivity (Wildman–Crippen MR) is 67.0 cm³/mol. The largest absolute Gasteiger partial charge is 0.321 e. The first-order valence-electron chi connectivity index (χ1n) is 5.73. The van der Waals surface area contributed by atoms with E-state index in [2.05, 4.69) is 48.5 Å². The standard InChI is InChI=1S/C15H15N/c16-15(10-11-15)14-8-6-13(7-9-14)12-4-2-1-3-5-12/h1-9H,10-11,16H2. The van der Waals surface area contributed by atoms with Crippen LogP contribution in [0.2, 0.25) is 0 Å². The summed E-state index contributed by atoms with van der Waals surface area (Å²) in [4.78, 5) is 0. The molecule has 0 amide bonds. The molecule has 2 aromatic rings. The van der Waals surface area contributed by atoms with Gasteiger partial charge < -0.3 is 5.73 Å². The second kappa shape index (κ2) is 3.46. The first-order valence-corrected chi connectivity index (χ1v) is 5.73. The van der Waals surface area contributed by atoms with Gasteiger partial charge in [0, 0.05) is 5.54 Å². The van der Waals surface area contributed by atoms with Crippen LogP contribution in [-0.2, 0) is 5.54 Å². The number of benzene rings is 2. The van der Waals surface area contributed by atoms with Crippen molar-refractivity contribution in [1.82, 2.24) is 0 Å². The molecule has 0 saturated heterocycles. The van der Waals surface area contributed by atoms with Crippen molar-refractivity contribution in [3.63, 3.8) is 0 Å². The van der Waals surface area contributed by atoms with E-state index < -0.39 is 0 Å². The van der Waals surface area contributed by atoms with Crippen LogP contribution in [0.1, 0.15) is 18.4 Å². The number of hydrogen-bond acceptors (Lipinski definition) is 1. The minimum absolute atomic E-state index is 0.0186. The molecule has 1 nitrogen and oxygen atoms in total. The highest BCUT2D eigenvalue weighted by Gasteiger charge is 2.39. The van der Waals surface area contributed by atoms with Gasteiger partial charge in [0.15, 0.2) is 0 Å². The molecule has 0 spiro atoms. The van der Waals surface area contributed by atoms with Gasteiger partial charge in [-0.1, -0.05) is 54.6 Å². The fourth-order valence-electron chi connectivity index (χ4n) is 2.05. The van der Waals surface area contributed by atoms with Crippen molar-refractivity contribution < 1.29 is 0 Å². The van der Waals surface area contributed by atoms with Crippen molar-refractivity contribution in [3.8, 4) is 11.1 Å². The second-order valence-corrected chi connectivity index (χ2v) is 4.60. The van der Waals surface area contributed by atoms with Crippen molar-refractivity contribution in [2.24, 2.45) is 5.73 Å². The number of nitrogens with two attached hydrogens (primary N) is 1. The van der Waals surface area contributed by atoms with Gasteiger partial charge in [-0.05, 0) is 29.5 Å². The van der Waals surface area contributed by atoms with E-state index in [0.29, 0.717) is 0 Å². The van der Waals surface area contributed by atoms with Crippen LogP contribution in [0.15, 0.2) is 54.6 Å². The summed E-state index contributed by atoms with van der Waals surface area (Å²) < 4.78 is 0. The minimum atomic E-state index is -0.0186. The quantitative estimate of drug-likeness (QED) is 0.806. The maximum Gasteiger partial charge on any atom is 0.0411 e. The first kappa shape index (κ1) is 9.61. The van der Waals surface area contributed by atoms with E-state index in [-0.39, 0.29) is 5.54 Å². The van der Waals surface area contributed by atoms with Crippen molar-refractivity contribution in [2.45, 2.75) is 18.4 Å². The fraction of sp³-hybridized carbons (Fsp3) is 0.200. The summed E-state index contributed by atoms with van der Waals surface area (Å²) in [6.07, 6.45) is 2.25. The molecule has 0 aromatic heterocycles. The Morgan fingerprint density at radius 1 is 0.750 bits per heavy atom. The molecule has 1 fully saturated rings. The zero-order valence-corrected chi connectivity index (χ0v) is 9.19. The Morgan fingerprint density at radius 2 is 1.31 bits per heavy atom. The maximum atomic E-state index is 6.16. The average Bonchev–Trinajstić information content (AvgIpc) is 3.10. The highest BCUT2D eigenvalue weighted by atomic mass is 14.8. The summed E-state index contributed by atoms with van der Waals surface area (Å²) in [5.41, 5.74) is 9.93. The SMILES string of the molecule is NC1(c2ccc(-c3ccccc3)cc2)CC1. The molecule has 0 heterocycles. The average molecular weight is 209 g/mol. The minimum Gasteiger partial charge on any atom is -0.321 e. The lowest BCUT2D eigenvalue weighted by molar-refractivity contribution is 0.740. The van der Waals surface area contributed by atoms with Crippen LogP contribution >= 0.6 is 0 Å². The summed E-state index contributed by atoms with van der Waals surface area (Å²) in [5.74, 6) is 0. The zero-order valence-electron chi connectivity index (χ0n) is 9.19. The van der Waals surface area contributed by atoms with Crippen molar-refractivity contribution in [2.75, 3.05) is 0 Å². The first-order chi connectivity index (χ1) is 7.78. The van der Waals surface area contributed by atoms with Crippen LogP contribution in [0.5, 0.6) is 0 Å². The van der Waals surface area contributed by atoms with Gasteiger partial charge in [0.05, 0.1) is 0 Å². The Labute approximate surface area is 95.9 Å². The van der Waals surface area contributed by atoms with E-state index in [1.807, 2.05) is 6.07 Å². The van der Waals surface area contributed by atoms with E-state index >= 15 is 0 Å². The van der Waals surface area contributed by atoms with Gasteiger partial charge in [-0.15, -0.1) is 0 Å². The second-order valence-electron chi connectivity index (χ2n) is 4.60. The van der Waals surface area contributed by atoms with E-state index in [0.717, 1.165) is 12.8 Å². The van der Waals surface area contributed by atoms with Gasteiger partial charge in [-0.25, -0.2) is 0 Å². The van der Waals surface area contributed by atoms with Crippen LogP contribution in [-0.4, -0.2) is 0 Å². The van der Waals surface area contributed by atoms with Gasteiger partial charge in [0.2, 0.25) is 0 Å². The van der Waals surface area contributed by atoms with Crippen LogP contribution in [0.4, 0.5) is 0 Å². The molecule has 1 heteroatoms. The van der Waals surface area contributed by atoms with Crippen molar-refractivity contribution in [1.29, 1.82) is 0 Å². The fourth-order valence-corrected chi connectivity index (χ4v) is 2.05. The Hall–Kier alpha value is -1.60. The van der Waals surface area contributed by atoms with Crippen LogP contribution in [0, 0.1) is 0 Å². The van der Waals surface area contributed by atoms with Crippen LogP contribution < -0.4 is 5.73 Å². The highest BCUT2D eigenvalue weighted by Crippen LogP contribution is 2.42. The smallest absolute Gasteiger partial charge is 0.0411 e. The molecule has 0 aliphatic heterocycles. The normalized spacial score (nSPS) is 17.1. The summed E-state index contributed by atoms with van der Waals surface area (Å²) >= 11 is 0. The third-order valence-electron chi connectivity index (χ3n) is 3.36. The van der Waals surface area contributed by atoms with E-state index in [4.69, 9.17) is 5.73 Å². The van der Waals surface area contributed by atoms with Crippen LogP contribution in [0.3, 0.4) is 0 Å². The third-order valence-corrected chi connectivity index (χ3v) is 3.36. The Morgan fingerprint density at radius 3 is 1.88 bits per heavy atom. The van der Waals surface area contributed by atoms with Crippen LogP contribution in [0.25, 0.3) is 11.1 Å². The molecule has 2 N–H and O–H groups in total. The van der Waals surface area contributed by atoms with E-state index in [9.17, 15) is 0 Å². The molecule has 2 aromatic carbocycles. The van der Waals surface area contributed by atoms with E-state index in [1.165, 1.54) is 16.7 Å². The number of hydrogen-bond donors (Lipinski definition) is 1. The van der Waals surface area contributed by atoms with Crippen molar-refractivity contribution >= 4 is 0 Å². The van der Waals surface area contributed by atoms with Gasteiger partial charge in [0.25, 0.3) is 0 Å². The lowest BCUT2D eigenvalue weighted by Crippen LogP contribution is -2.18. The Kier molecular flexibility index (Phi) is 2.08. The van der Waals surface area contributed by atoms with Gasteiger partial charge in [-0.2, -0.15) is 0 Å². The maximum absolute atomic E-state index is 6.16. The monoisotopic (exact) mass is 209 g/mol. The number of rotatable bonds is 2. The molecule has 0 radical (unpaired) electrons. The van der Waals surface area contributed by atoms with E-state index in [1.54, 1.807) is 0 Å². The topological polar surface area (TPSA) is 26.0 Å². The molecule has 3 rings (SSSR count). The molecular weight excluding hydrogens is 194 g/mol. The van der Waals surface area contributed by atoms with Gasteiger partial charge in [0.1, 0.15) is 0 Å². The highest BCUT2D eigenvalue weighted by molar-refractivity contribution is 5.63. The van der Waals surface area contributed by atoms with Gasteiger partial charge in [-0.3, -0.25) is 0 Å². The molecule has 1 aliphatic carbocycles. The lowest BCUT2D eigenvalue weighted by Gasteiger charge is -2.09. The molecular formula is C15H15N. The summed E-state index contributed by atoms with van der Waals surface area (Å²) in [7, 11) is 0. The molecule has 1 saturated carbocycles. The summed E-state index contributed by atoms with van der Waals surface area (Å²) in [5, 5.41) is 0. The molecule has 80 valence electrons. The lowest BCUT2D eigenvalue weighted by atomic mass is 10.0. The summed E-state index contributed by atoms with van der Waals surface area (Å²) in [6, 6.07) is 19.1. The zero-order chi connectivity index (χ0) is 11.0. The molecule has 16 heavy (non-hydrogen) atoms. The summed E-state index contributed by atoms with van der Waals surface area (Å²) in [6.45, 7) is 0. The Balaban J connectivity index is 1.94. The Bertz CT molecular complexity index is 481. The molecule has 0 bridgehead atoms. The molecule has 1 aliphatic rings. The predicted octanol–water partition coefficient (Wildman–Crippen LogP) is 3.30.